The summed E-state index contributed by atoms with van der Waals surface area (Å²) in [4.78, 5) is 13.6. The number of furan rings is 1. The second kappa shape index (κ2) is 8.05. The van der Waals surface area contributed by atoms with E-state index in [-0.39, 0.29) is 11.7 Å². The molecule has 0 spiro atoms. The maximum Gasteiger partial charge on any atom is 0.291 e. The molecule has 32 heavy (non-hydrogen) atoms. The fourth-order valence-electron chi connectivity index (χ4n) is 3.20. The second-order valence-electron chi connectivity index (χ2n) is 7.12. The van der Waals surface area contributed by atoms with Crippen LogP contribution in [0.5, 0.6) is 0 Å². The minimum atomic E-state index is -0.365. The average Bonchev–Trinajstić information content (AvgIpc) is 3.47. The third-order valence-corrected chi connectivity index (χ3v) is 6.40. The van der Waals surface area contributed by atoms with E-state index in [9.17, 15) is 4.79 Å². The Morgan fingerprint density at radius 1 is 1.06 bits per heavy atom. The summed E-state index contributed by atoms with van der Waals surface area (Å²) in [5, 5.41) is 17.3. The standard InChI is InChI=1S/C22H15Cl2N5O2S/c1-11-3-4-13(21-28-29-12(2)26-27-22(29)32-21)9-17(11)25-20(30)19-8-7-18(31-19)15-6-5-14(23)10-16(15)24/h3-10H,1-2H3,(H,25,30). The molecule has 1 N–H and O–H groups in total. The first-order chi connectivity index (χ1) is 15.4. The molecule has 0 aliphatic rings. The van der Waals surface area contributed by atoms with Crippen molar-refractivity contribution in [3.63, 3.8) is 0 Å². The fraction of sp³-hybridized carbons (Fsp3) is 0.0909. The number of anilines is 1. The van der Waals surface area contributed by atoms with E-state index in [1.54, 1.807) is 34.8 Å². The molecule has 0 saturated carbocycles. The molecular formula is C22H15Cl2N5O2S. The molecule has 0 atom stereocenters. The van der Waals surface area contributed by atoms with Crippen LogP contribution in [0.3, 0.4) is 0 Å². The van der Waals surface area contributed by atoms with Gasteiger partial charge in [-0.2, -0.15) is 9.61 Å². The minimum Gasteiger partial charge on any atom is -0.451 e. The van der Waals surface area contributed by atoms with Crippen molar-refractivity contribution >= 4 is 51.1 Å². The van der Waals surface area contributed by atoms with Crippen molar-refractivity contribution in [1.29, 1.82) is 0 Å². The van der Waals surface area contributed by atoms with Crippen molar-refractivity contribution in [3.05, 3.63) is 75.7 Å². The number of aryl methyl sites for hydroxylation is 2. The molecule has 7 nitrogen and oxygen atoms in total. The van der Waals surface area contributed by atoms with Crippen LogP contribution in [0.1, 0.15) is 21.9 Å². The van der Waals surface area contributed by atoms with E-state index in [1.165, 1.54) is 11.3 Å². The Labute approximate surface area is 196 Å². The zero-order valence-electron chi connectivity index (χ0n) is 16.9. The monoisotopic (exact) mass is 483 g/mol. The quantitative estimate of drug-likeness (QED) is 0.324. The molecule has 160 valence electrons. The normalized spacial score (nSPS) is 11.2. The Balaban J connectivity index is 1.41. The number of rotatable bonds is 4. The summed E-state index contributed by atoms with van der Waals surface area (Å²) in [7, 11) is 0. The van der Waals surface area contributed by atoms with Crippen LogP contribution >= 0.6 is 34.5 Å². The highest BCUT2D eigenvalue weighted by Gasteiger charge is 2.17. The van der Waals surface area contributed by atoms with Gasteiger partial charge in [-0.05, 0) is 55.8 Å². The Morgan fingerprint density at radius 2 is 1.91 bits per heavy atom. The Bertz CT molecular complexity index is 1490. The van der Waals surface area contributed by atoms with Crippen molar-refractivity contribution < 1.29 is 9.21 Å². The van der Waals surface area contributed by atoms with Crippen LogP contribution in [0.2, 0.25) is 10.0 Å². The summed E-state index contributed by atoms with van der Waals surface area (Å²) in [6, 6.07) is 14.2. The third-order valence-electron chi connectivity index (χ3n) is 4.91. The van der Waals surface area contributed by atoms with Crippen LogP contribution in [0, 0.1) is 13.8 Å². The van der Waals surface area contributed by atoms with Gasteiger partial charge in [0.1, 0.15) is 10.8 Å². The Morgan fingerprint density at radius 3 is 2.69 bits per heavy atom. The molecule has 2 aromatic carbocycles. The van der Waals surface area contributed by atoms with Gasteiger partial charge in [0.05, 0.1) is 5.02 Å². The number of amides is 1. The number of halogens is 2. The summed E-state index contributed by atoms with van der Waals surface area (Å²) in [6.07, 6.45) is 0. The maximum atomic E-state index is 12.8. The lowest BCUT2D eigenvalue weighted by molar-refractivity contribution is 0.0997. The zero-order valence-corrected chi connectivity index (χ0v) is 19.2. The van der Waals surface area contributed by atoms with Gasteiger partial charge in [-0.15, -0.1) is 10.2 Å². The second-order valence-corrected chi connectivity index (χ2v) is 8.92. The van der Waals surface area contributed by atoms with Gasteiger partial charge >= 0.3 is 0 Å². The average molecular weight is 484 g/mol. The maximum absolute atomic E-state index is 12.8. The SMILES string of the molecule is Cc1ccc(-c2nn3c(C)nnc3s2)cc1NC(=O)c1ccc(-c2ccc(Cl)cc2Cl)o1. The topological polar surface area (TPSA) is 85.3 Å². The summed E-state index contributed by atoms with van der Waals surface area (Å²) in [6.45, 7) is 3.77. The molecule has 3 aromatic heterocycles. The lowest BCUT2D eigenvalue weighted by atomic mass is 10.1. The predicted octanol–water partition coefficient (Wildman–Crippen LogP) is 6.29. The van der Waals surface area contributed by atoms with Gasteiger partial charge in [-0.25, -0.2) is 0 Å². The van der Waals surface area contributed by atoms with Crippen molar-refractivity contribution in [2.24, 2.45) is 0 Å². The minimum absolute atomic E-state index is 0.172. The van der Waals surface area contributed by atoms with Crippen LogP contribution < -0.4 is 5.32 Å². The number of benzene rings is 2. The van der Waals surface area contributed by atoms with Crippen LogP contribution in [0.4, 0.5) is 5.69 Å². The summed E-state index contributed by atoms with van der Waals surface area (Å²) >= 11 is 13.6. The third kappa shape index (κ3) is 3.77. The smallest absolute Gasteiger partial charge is 0.291 e. The van der Waals surface area contributed by atoms with Crippen LogP contribution in [0.15, 0.2) is 52.9 Å². The lowest BCUT2D eigenvalue weighted by Crippen LogP contribution is -2.11. The van der Waals surface area contributed by atoms with Crippen LogP contribution in [-0.4, -0.2) is 25.7 Å². The number of hydrogen-bond acceptors (Lipinski definition) is 6. The van der Waals surface area contributed by atoms with Gasteiger partial charge in [-0.1, -0.05) is 46.7 Å². The molecule has 0 fully saturated rings. The largest absolute Gasteiger partial charge is 0.451 e. The van der Waals surface area contributed by atoms with E-state index in [1.807, 2.05) is 32.0 Å². The molecule has 3 heterocycles. The Hall–Kier alpha value is -3.20. The van der Waals surface area contributed by atoms with E-state index < -0.39 is 0 Å². The van der Waals surface area contributed by atoms with Crippen molar-refractivity contribution in [1.82, 2.24) is 19.8 Å². The first kappa shape index (κ1) is 20.7. The van der Waals surface area contributed by atoms with Gasteiger partial charge in [0.2, 0.25) is 4.96 Å². The van der Waals surface area contributed by atoms with Crippen molar-refractivity contribution in [3.8, 4) is 21.9 Å². The lowest BCUT2D eigenvalue weighted by Gasteiger charge is -2.09. The van der Waals surface area contributed by atoms with Crippen LogP contribution in [-0.2, 0) is 0 Å². The van der Waals surface area contributed by atoms with Gasteiger partial charge in [0.25, 0.3) is 5.91 Å². The molecule has 0 bridgehead atoms. The number of hydrogen-bond donors (Lipinski definition) is 1. The van der Waals surface area contributed by atoms with E-state index >= 15 is 0 Å². The molecule has 0 radical (unpaired) electrons. The summed E-state index contributed by atoms with van der Waals surface area (Å²) in [5.74, 6) is 1.01. The van der Waals surface area contributed by atoms with E-state index in [0.717, 1.165) is 22.0 Å². The molecule has 0 saturated heterocycles. The molecule has 0 unspecified atom stereocenters. The number of carbonyl (C=O) groups is 1. The van der Waals surface area contributed by atoms with E-state index in [0.29, 0.717) is 32.0 Å². The zero-order chi connectivity index (χ0) is 22.4. The number of aromatic nitrogens is 4. The molecule has 1 amide bonds. The number of nitrogens with zero attached hydrogens (tertiary/aromatic N) is 4. The van der Waals surface area contributed by atoms with Crippen molar-refractivity contribution in [2.45, 2.75) is 13.8 Å². The van der Waals surface area contributed by atoms with Gasteiger partial charge < -0.3 is 9.73 Å². The summed E-state index contributed by atoms with van der Waals surface area (Å²) in [5.41, 5.74) is 3.10. The fourth-order valence-corrected chi connectivity index (χ4v) is 4.58. The van der Waals surface area contributed by atoms with Gasteiger partial charge in [0.15, 0.2) is 11.6 Å². The van der Waals surface area contributed by atoms with Gasteiger partial charge in [-0.3, -0.25) is 4.79 Å². The number of fused-ring (bicyclic) bond motifs is 1. The first-order valence-corrected chi connectivity index (χ1v) is 11.1. The van der Waals surface area contributed by atoms with E-state index in [4.69, 9.17) is 27.6 Å². The van der Waals surface area contributed by atoms with E-state index in [2.05, 4.69) is 20.6 Å². The molecule has 0 aliphatic heterocycles. The highest BCUT2D eigenvalue weighted by molar-refractivity contribution is 7.19. The summed E-state index contributed by atoms with van der Waals surface area (Å²) < 4.78 is 7.45. The molecule has 5 aromatic rings. The molecular weight excluding hydrogens is 469 g/mol. The molecule has 5 rings (SSSR count). The van der Waals surface area contributed by atoms with Crippen molar-refractivity contribution in [2.75, 3.05) is 5.32 Å². The molecule has 10 heteroatoms. The number of nitrogens with one attached hydrogen (secondary N) is 1. The molecule has 0 aliphatic carbocycles. The van der Waals surface area contributed by atoms with Gasteiger partial charge in [0, 0.05) is 21.8 Å². The number of carbonyl (C=O) groups excluding carboxylic acids is 1. The Kier molecular flexibility index (Phi) is 5.21. The van der Waals surface area contributed by atoms with Crippen LogP contribution in [0.25, 0.3) is 26.9 Å². The highest BCUT2D eigenvalue weighted by Crippen LogP contribution is 2.32. The first-order valence-electron chi connectivity index (χ1n) is 9.55. The highest BCUT2D eigenvalue weighted by atomic mass is 35.5. The predicted molar refractivity (Wildman–Crippen MR) is 126 cm³/mol.